The predicted molar refractivity (Wildman–Crippen MR) is 123 cm³/mol. The second kappa shape index (κ2) is 10.8. The Morgan fingerprint density at radius 1 is 1.09 bits per heavy atom. The van der Waals surface area contributed by atoms with Gasteiger partial charge >= 0.3 is 5.97 Å². The second-order valence-corrected chi connectivity index (χ2v) is 8.92. The third kappa shape index (κ3) is 6.46. The van der Waals surface area contributed by atoms with Crippen LogP contribution in [-0.4, -0.2) is 64.4 Å². The molecule has 1 saturated heterocycles. The summed E-state index contributed by atoms with van der Waals surface area (Å²) in [5.41, 5.74) is 0.416. The van der Waals surface area contributed by atoms with Gasteiger partial charge in [0.05, 0.1) is 21.4 Å². The van der Waals surface area contributed by atoms with Crippen LogP contribution in [0, 0.1) is 10.1 Å². The molecule has 0 saturated carbocycles. The minimum atomic E-state index is -0.897. The Kier molecular flexibility index (Phi) is 8.14. The van der Waals surface area contributed by atoms with Crippen molar-refractivity contribution in [3.8, 4) is 0 Å². The lowest BCUT2D eigenvalue weighted by Gasteiger charge is -2.33. The maximum absolute atomic E-state index is 12.4. The molecule has 1 heterocycles. The topological polar surface area (TPSA) is 104 Å². The van der Waals surface area contributed by atoms with Crippen LogP contribution in [0.4, 0.5) is 5.69 Å². The fourth-order valence-corrected chi connectivity index (χ4v) is 4.56. The Morgan fingerprint density at radius 2 is 1.78 bits per heavy atom. The van der Waals surface area contributed by atoms with Gasteiger partial charge in [-0.1, -0.05) is 41.0 Å². The molecule has 2 aromatic rings. The lowest BCUT2D eigenvalue weighted by molar-refractivity contribution is -0.387. The van der Waals surface area contributed by atoms with Crippen molar-refractivity contribution >= 4 is 58.6 Å². The number of nitro groups is 1. The first-order chi connectivity index (χ1) is 15.2. The van der Waals surface area contributed by atoms with E-state index in [9.17, 15) is 19.7 Å². The van der Waals surface area contributed by atoms with E-state index >= 15 is 0 Å². The largest absolute Gasteiger partial charge is 0.480 e. The number of benzene rings is 2. The minimum Gasteiger partial charge on any atom is -0.480 e. The molecule has 11 heteroatoms. The number of amides is 1. The zero-order chi connectivity index (χ0) is 23.3. The van der Waals surface area contributed by atoms with Crippen LogP contribution in [0.5, 0.6) is 0 Å². The zero-order valence-corrected chi connectivity index (χ0v) is 19.1. The predicted octanol–water partition coefficient (Wildman–Crippen LogP) is 4.29. The molecule has 0 aromatic heterocycles. The number of carbonyl (C=O) groups is 2. The molecule has 168 valence electrons. The molecule has 2 aromatic carbocycles. The van der Waals surface area contributed by atoms with Crippen molar-refractivity contribution in [3.63, 3.8) is 0 Å². The molecule has 0 bridgehead atoms. The molecule has 0 radical (unpaired) electrons. The van der Waals surface area contributed by atoms with Crippen molar-refractivity contribution in [1.29, 1.82) is 0 Å². The number of piperazine rings is 1. The molecule has 1 N–H and O–H groups in total. The first-order valence-electron chi connectivity index (χ1n) is 9.55. The molecule has 0 spiro atoms. The van der Waals surface area contributed by atoms with Crippen LogP contribution in [0.3, 0.4) is 0 Å². The molecule has 3 rings (SSSR count). The summed E-state index contributed by atoms with van der Waals surface area (Å²) in [6.45, 7) is 1.77. The highest BCUT2D eigenvalue weighted by Gasteiger charge is 2.21. The van der Waals surface area contributed by atoms with Crippen LogP contribution in [0.1, 0.15) is 5.56 Å². The second-order valence-electron chi connectivity index (χ2n) is 6.99. The molecule has 1 amide bonds. The summed E-state index contributed by atoms with van der Waals surface area (Å²) < 4.78 is 0. The van der Waals surface area contributed by atoms with E-state index < -0.39 is 10.9 Å². The number of rotatable bonds is 7. The standard InChI is InChI=1S/C21H19Cl2N3O5S/c22-15-3-5-18(16(23)12-15)32-19-4-1-14(11-17(19)26(30)31)2-6-20(27)25-9-7-24(8-10-25)13-21(28)29/h1-6,11-12H,7-10,13H2,(H,28,29)/b6-2+. The smallest absolute Gasteiger partial charge is 0.317 e. The number of hydrogen-bond donors (Lipinski definition) is 1. The van der Waals surface area contributed by atoms with Gasteiger partial charge in [-0.25, -0.2) is 0 Å². The summed E-state index contributed by atoms with van der Waals surface area (Å²) in [4.78, 5) is 38.8. The summed E-state index contributed by atoms with van der Waals surface area (Å²) >= 11 is 13.2. The van der Waals surface area contributed by atoms with E-state index in [1.807, 2.05) is 0 Å². The minimum absolute atomic E-state index is 0.0485. The van der Waals surface area contributed by atoms with Crippen molar-refractivity contribution in [2.45, 2.75) is 9.79 Å². The molecule has 0 unspecified atom stereocenters. The summed E-state index contributed by atoms with van der Waals surface area (Å²) in [5, 5.41) is 21.3. The van der Waals surface area contributed by atoms with Crippen molar-refractivity contribution in [1.82, 2.24) is 9.80 Å². The fourth-order valence-electron chi connectivity index (χ4n) is 3.13. The highest BCUT2D eigenvalue weighted by atomic mass is 35.5. The lowest BCUT2D eigenvalue weighted by Crippen LogP contribution is -2.49. The van der Waals surface area contributed by atoms with Gasteiger partial charge in [0.25, 0.3) is 5.69 Å². The van der Waals surface area contributed by atoms with Gasteiger partial charge in [0.15, 0.2) is 0 Å². The quantitative estimate of drug-likeness (QED) is 0.346. The van der Waals surface area contributed by atoms with Crippen LogP contribution >= 0.6 is 35.0 Å². The van der Waals surface area contributed by atoms with Crippen LogP contribution in [0.15, 0.2) is 52.3 Å². The van der Waals surface area contributed by atoms with Crippen molar-refractivity contribution < 1.29 is 19.6 Å². The number of hydrogen-bond acceptors (Lipinski definition) is 6. The van der Waals surface area contributed by atoms with Crippen molar-refractivity contribution in [2.24, 2.45) is 0 Å². The molecular weight excluding hydrogens is 477 g/mol. The number of carbonyl (C=O) groups excluding carboxylic acids is 1. The highest BCUT2D eigenvalue weighted by molar-refractivity contribution is 7.99. The van der Waals surface area contributed by atoms with Crippen LogP contribution in [0.2, 0.25) is 10.0 Å². The van der Waals surface area contributed by atoms with Crippen LogP contribution < -0.4 is 0 Å². The van der Waals surface area contributed by atoms with Gasteiger partial charge in [-0.15, -0.1) is 0 Å². The van der Waals surface area contributed by atoms with Gasteiger partial charge < -0.3 is 10.0 Å². The van der Waals surface area contributed by atoms with Gasteiger partial charge in [-0.3, -0.25) is 24.6 Å². The van der Waals surface area contributed by atoms with Crippen molar-refractivity contribution in [3.05, 3.63) is 68.2 Å². The van der Waals surface area contributed by atoms with E-state index in [-0.39, 0.29) is 18.1 Å². The zero-order valence-electron chi connectivity index (χ0n) is 16.7. The first kappa shape index (κ1) is 24.1. The average molecular weight is 496 g/mol. The SMILES string of the molecule is O=C(O)CN1CCN(C(=O)/C=C/c2ccc(Sc3ccc(Cl)cc3Cl)c([N+](=O)[O-])c2)CC1. The van der Waals surface area contributed by atoms with Crippen molar-refractivity contribution in [2.75, 3.05) is 32.7 Å². The summed E-state index contributed by atoms with van der Waals surface area (Å²) in [6.07, 6.45) is 2.90. The fraction of sp³-hybridized carbons (Fsp3) is 0.238. The summed E-state index contributed by atoms with van der Waals surface area (Å²) in [6, 6.07) is 9.63. The molecule has 1 aliphatic heterocycles. The maximum atomic E-state index is 12.4. The lowest BCUT2D eigenvalue weighted by atomic mass is 10.2. The third-order valence-electron chi connectivity index (χ3n) is 4.75. The van der Waals surface area contributed by atoms with Crippen LogP contribution in [0.25, 0.3) is 6.08 Å². The molecule has 0 atom stereocenters. The Morgan fingerprint density at radius 3 is 2.41 bits per heavy atom. The highest BCUT2D eigenvalue weighted by Crippen LogP contribution is 2.39. The molecule has 1 aliphatic rings. The molecule has 8 nitrogen and oxygen atoms in total. The molecular formula is C21H19Cl2N3O5S. The normalized spacial score (nSPS) is 14.6. The van der Waals surface area contributed by atoms with Gasteiger partial charge in [0.2, 0.25) is 5.91 Å². The Bertz CT molecular complexity index is 1070. The Labute approximate surface area is 198 Å². The van der Waals surface area contributed by atoms with Gasteiger partial charge in [-0.05, 0) is 35.9 Å². The van der Waals surface area contributed by atoms with E-state index in [0.29, 0.717) is 51.6 Å². The maximum Gasteiger partial charge on any atom is 0.317 e. The van der Waals surface area contributed by atoms with E-state index in [2.05, 4.69) is 0 Å². The third-order valence-corrected chi connectivity index (χ3v) is 6.56. The van der Waals surface area contributed by atoms with E-state index in [0.717, 1.165) is 11.8 Å². The van der Waals surface area contributed by atoms with Gasteiger partial charge in [-0.2, -0.15) is 0 Å². The first-order valence-corrected chi connectivity index (χ1v) is 11.1. The number of nitrogens with zero attached hydrogens (tertiary/aromatic N) is 3. The number of carboxylic acids is 1. The molecule has 0 aliphatic carbocycles. The van der Waals surface area contributed by atoms with Crippen LogP contribution in [-0.2, 0) is 9.59 Å². The van der Waals surface area contributed by atoms with Gasteiger partial charge in [0.1, 0.15) is 0 Å². The molecule has 1 fully saturated rings. The summed E-state index contributed by atoms with van der Waals surface area (Å²) in [5.74, 6) is -1.12. The molecule has 32 heavy (non-hydrogen) atoms. The number of aliphatic carboxylic acids is 1. The number of halogens is 2. The monoisotopic (exact) mass is 495 g/mol. The number of carboxylic acid groups (broad SMARTS) is 1. The van der Waals surface area contributed by atoms with E-state index in [4.69, 9.17) is 28.3 Å². The summed E-state index contributed by atoms with van der Waals surface area (Å²) in [7, 11) is 0. The average Bonchev–Trinajstić information content (AvgIpc) is 2.74. The number of nitro benzene ring substituents is 1. The van der Waals surface area contributed by atoms with Gasteiger partial charge in [0, 0.05) is 48.2 Å². The Balaban J connectivity index is 1.69. The Hall–Kier alpha value is -2.59. The van der Waals surface area contributed by atoms with E-state index in [1.165, 1.54) is 18.2 Å². The van der Waals surface area contributed by atoms with E-state index in [1.54, 1.807) is 40.1 Å².